The molecule has 39 heavy (non-hydrogen) atoms. The number of fused-ring (bicyclic) bond motifs is 1. The Morgan fingerprint density at radius 1 is 1.08 bits per heavy atom. The molecule has 0 saturated heterocycles. The predicted octanol–water partition coefficient (Wildman–Crippen LogP) is -0.853. The number of aliphatic hydroxyl groups excluding tert-OH is 1. The SMILES string of the molecule is COc1ccccc1C(=O)C(=O)N[C@H]1CN(C(C)=O)c2ccccc2N(CC(=O)N[C@H](C=O)CC(O)O)C1=O. The number of nitrogens with zero attached hydrogens (tertiary/aromatic N) is 2. The predicted molar refractivity (Wildman–Crippen MR) is 137 cm³/mol. The number of aldehydes is 1. The van der Waals surface area contributed by atoms with Crippen molar-refractivity contribution in [2.75, 3.05) is 30.0 Å². The number of methoxy groups -OCH3 is 1. The molecule has 0 fully saturated rings. The second-order valence-corrected chi connectivity index (χ2v) is 8.62. The van der Waals surface area contributed by atoms with Crippen LogP contribution in [0.1, 0.15) is 23.7 Å². The Kier molecular flexibility index (Phi) is 9.47. The Bertz CT molecular complexity index is 1280. The summed E-state index contributed by atoms with van der Waals surface area (Å²) in [6, 6.07) is 9.61. The molecule has 0 spiro atoms. The Morgan fingerprint density at radius 3 is 2.33 bits per heavy atom. The number of Topliss-reactive ketones (excluding diaryl/α,β-unsaturated/α-hetero) is 1. The number of hydrogen-bond donors (Lipinski definition) is 4. The molecule has 2 aromatic carbocycles. The van der Waals surface area contributed by atoms with Gasteiger partial charge in [-0.25, -0.2) is 0 Å². The zero-order valence-electron chi connectivity index (χ0n) is 21.2. The van der Waals surface area contributed by atoms with Gasteiger partial charge in [-0.05, 0) is 24.3 Å². The molecule has 2 atom stereocenters. The number of ketones is 1. The van der Waals surface area contributed by atoms with Gasteiger partial charge in [-0.1, -0.05) is 24.3 Å². The average molecular weight is 541 g/mol. The third kappa shape index (κ3) is 6.83. The number of nitrogens with one attached hydrogen (secondary N) is 2. The van der Waals surface area contributed by atoms with Gasteiger partial charge in [0.2, 0.25) is 11.8 Å². The van der Waals surface area contributed by atoms with Crippen LogP contribution in [0.4, 0.5) is 11.4 Å². The van der Waals surface area contributed by atoms with Crippen molar-refractivity contribution in [2.45, 2.75) is 31.7 Å². The maximum atomic E-state index is 13.7. The highest BCUT2D eigenvalue weighted by Gasteiger charge is 2.38. The molecule has 206 valence electrons. The van der Waals surface area contributed by atoms with Gasteiger partial charge < -0.3 is 35.3 Å². The summed E-state index contributed by atoms with van der Waals surface area (Å²) in [5.41, 5.74) is 0.412. The Hall–Kier alpha value is -4.62. The molecule has 4 N–H and O–H groups in total. The summed E-state index contributed by atoms with van der Waals surface area (Å²) in [6.07, 6.45) is -2.01. The van der Waals surface area contributed by atoms with Gasteiger partial charge in [-0.2, -0.15) is 0 Å². The molecule has 0 unspecified atom stereocenters. The third-order valence-corrected chi connectivity index (χ3v) is 5.91. The molecule has 13 nitrogen and oxygen atoms in total. The van der Waals surface area contributed by atoms with Crippen LogP contribution in [0.15, 0.2) is 48.5 Å². The number of carbonyl (C=O) groups excluding carboxylic acids is 6. The number of benzene rings is 2. The summed E-state index contributed by atoms with van der Waals surface area (Å²) in [7, 11) is 1.33. The standard InChI is InChI=1S/C26H28N4O9/c1-15(32)29-12-18(28-25(37)24(36)17-7-3-6-10-21(17)39-2)26(38)30(20-9-5-4-8-19(20)29)13-22(33)27-16(14-31)11-23(34)35/h3-10,14,16,18,23,34-35H,11-13H2,1-2H3,(H,27,33)(H,28,37)/t16-,18-/m0/s1. The minimum Gasteiger partial charge on any atom is -0.496 e. The van der Waals surface area contributed by atoms with E-state index in [1.54, 1.807) is 24.3 Å². The molecule has 1 aliphatic heterocycles. The van der Waals surface area contributed by atoms with Gasteiger partial charge in [-0.15, -0.1) is 0 Å². The lowest BCUT2D eigenvalue weighted by Crippen LogP contribution is -2.55. The lowest BCUT2D eigenvalue weighted by molar-refractivity contribution is -0.128. The van der Waals surface area contributed by atoms with Crippen molar-refractivity contribution in [1.29, 1.82) is 0 Å². The Balaban J connectivity index is 1.93. The van der Waals surface area contributed by atoms with E-state index in [0.717, 1.165) is 4.90 Å². The molecule has 0 bridgehead atoms. The Labute approximate surface area is 223 Å². The monoisotopic (exact) mass is 540 g/mol. The molecule has 0 saturated carbocycles. The van der Waals surface area contributed by atoms with Crippen molar-refractivity contribution in [2.24, 2.45) is 0 Å². The van der Waals surface area contributed by atoms with E-state index in [4.69, 9.17) is 14.9 Å². The van der Waals surface area contributed by atoms with Crippen LogP contribution in [0.2, 0.25) is 0 Å². The highest BCUT2D eigenvalue weighted by molar-refractivity contribution is 6.43. The molecule has 1 aliphatic rings. The summed E-state index contributed by atoms with van der Waals surface area (Å²) in [5.74, 6) is -4.03. The maximum absolute atomic E-state index is 13.7. The summed E-state index contributed by atoms with van der Waals surface area (Å²) in [6.45, 7) is 0.291. The van der Waals surface area contributed by atoms with Crippen molar-refractivity contribution < 1.29 is 43.7 Å². The number of aliphatic hydroxyl groups is 2. The fourth-order valence-electron chi connectivity index (χ4n) is 4.11. The average Bonchev–Trinajstić information content (AvgIpc) is 3.02. The first kappa shape index (κ1) is 28.9. The first-order valence-electron chi connectivity index (χ1n) is 11.8. The second-order valence-electron chi connectivity index (χ2n) is 8.62. The van der Waals surface area contributed by atoms with Crippen LogP contribution in [0, 0.1) is 0 Å². The van der Waals surface area contributed by atoms with Crippen molar-refractivity contribution in [3.8, 4) is 5.75 Å². The highest BCUT2D eigenvalue weighted by Crippen LogP contribution is 2.33. The lowest BCUT2D eigenvalue weighted by atomic mass is 10.1. The third-order valence-electron chi connectivity index (χ3n) is 5.91. The van der Waals surface area contributed by atoms with E-state index in [9.17, 15) is 28.8 Å². The van der Waals surface area contributed by atoms with Crippen LogP contribution in [0.5, 0.6) is 5.75 Å². The first-order chi connectivity index (χ1) is 18.6. The highest BCUT2D eigenvalue weighted by atomic mass is 16.5. The topological polar surface area (TPSA) is 183 Å². The van der Waals surface area contributed by atoms with E-state index in [-0.39, 0.29) is 29.2 Å². The fourth-order valence-corrected chi connectivity index (χ4v) is 4.11. The van der Waals surface area contributed by atoms with Gasteiger partial charge in [0.15, 0.2) is 6.29 Å². The van der Waals surface area contributed by atoms with E-state index < -0.39 is 60.8 Å². The Morgan fingerprint density at radius 2 is 1.72 bits per heavy atom. The van der Waals surface area contributed by atoms with Gasteiger partial charge in [0.1, 0.15) is 24.6 Å². The molecule has 3 rings (SSSR count). The van der Waals surface area contributed by atoms with Crippen LogP contribution in [0.3, 0.4) is 0 Å². The molecule has 2 aromatic rings. The first-order valence-corrected chi connectivity index (χ1v) is 11.8. The van der Waals surface area contributed by atoms with Crippen LogP contribution < -0.4 is 25.2 Å². The van der Waals surface area contributed by atoms with E-state index in [2.05, 4.69) is 10.6 Å². The van der Waals surface area contributed by atoms with Crippen LogP contribution in [-0.4, -0.2) is 84.5 Å². The van der Waals surface area contributed by atoms with Gasteiger partial charge in [0, 0.05) is 13.3 Å². The summed E-state index contributed by atoms with van der Waals surface area (Å²) in [4.78, 5) is 78.3. The van der Waals surface area contributed by atoms with E-state index >= 15 is 0 Å². The van der Waals surface area contributed by atoms with Gasteiger partial charge in [0.05, 0.1) is 36.6 Å². The van der Waals surface area contributed by atoms with Crippen LogP contribution >= 0.6 is 0 Å². The molecule has 0 radical (unpaired) electrons. The minimum absolute atomic E-state index is 0.0347. The number of rotatable bonds is 10. The molecule has 4 amide bonds. The number of ether oxygens (including phenoxy) is 1. The van der Waals surface area contributed by atoms with Crippen molar-refractivity contribution in [3.63, 3.8) is 0 Å². The summed E-state index contributed by atoms with van der Waals surface area (Å²) >= 11 is 0. The molecule has 1 heterocycles. The molecular formula is C26H28N4O9. The lowest BCUT2D eigenvalue weighted by Gasteiger charge is -2.25. The smallest absolute Gasteiger partial charge is 0.293 e. The zero-order chi connectivity index (χ0) is 28.7. The minimum atomic E-state index is -1.86. The van der Waals surface area contributed by atoms with Crippen molar-refractivity contribution in [1.82, 2.24) is 10.6 Å². The quantitative estimate of drug-likeness (QED) is 0.129. The number of carbonyl (C=O) groups is 6. The summed E-state index contributed by atoms with van der Waals surface area (Å²) in [5, 5.41) is 22.9. The van der Waals surface area contributed by atoms with E-state index in [1.807, 2.05) is 0 Å². The van der Waals surface area contributed by atoms with Crippen molar-refractivity contribution in [3.05, 3.63) is 54.1 Å². The number of para-hydroxylation sites is 3. The van der Waals surface area contributed by atoms with Crippen LogP contribution in [0.25, 0.3) is 0 Å². The molecular weight excluding hydrogens is 512 g/mol. The zero-order valence-corrected chi connectivity index (χ0v) is 21.2. The maximum Gasteiger partial charge on any atom is 0.293 e. The fraction of sp³-hybridized carbons (Fsp3) is 0.308. The van der Waals surface area contributed by atoms with E-state index in [0.29, 0.717) is 6.29 Å². The normalized spacial score (nSPS) is 15.6. The number of hydrogen-bond acceptors (Lipinski definition) is 9. The van der Waals surface area contributed by atoms with Crippen LogP contribution in [-0.2, 0) is 24.0 Å². The number of amides is 4. The largest absolute Gasteiger partial charge is 0.496 e. The van der Waals surface area contributed by atoms with Gasteiger partial charge in [0.25, 0.3) is 17.6 Å². The van der Waals surface area contributed by atoms with Crippen molar-refractivity contribution >= 4 is 47.1 Å². The van der Waals surface area contributed by atoms with E-state index in [1.165, 1.54) is 43.2 Å². The van der Waals surface area contributed by atoms with Gasteiger partial charge >= 0.3 is 0 Å². The molecule has 13 heteroatoms. The molecule has 0 aliphatic carbocycles. The molecule has 0 aromatic heterocycles. The second kappa shape index (κ2) is 12.8. The number of anilines is 2. The summed E-state index contributed by atoms with van der Waals surface area (Å²) < 4.78 is 5.13. The van der Waals surface area contributed by atoms with Gasteiger partial charge in [-0.3, -0.25) is 28.9 Å².